The topological polar surface area (TPSA) is 42.9 Å². The summed E-state index contributed by atoms with van der Waals surface area (Å²) in [5.41, 5.74) is 3.17. The van der Waals surface area contributed by atoms with Crippen LogP contribution < -0.4 is 0 Å². The van der Waals surface area contributed by atoms with Crippen LogP contribution in [0.5, 0.6) is 0 Å². The zero-order valence-electron chi connectivity index (χ0n) is 8.34. The maximum Gasteiger partial charge on any atom is 0.150 e. The third kappa shape index (κ3) is 1.91. The van der Waals surface area contributed by atoms with E-state index >= 15 is 0 Å². The molecule has 0 fully saturated rings. The predicted molar refractivity (Wildman–Crippen MR) is 57.6 cm³/mol. The van der Waals surface area contributed by atoms with Gasteiger partial charge < -0.3 is 0 Å². The van der Waals surface area contributed by atoms with Crippen molar-refractivity contribution >= 4 is 6.29 Å². The van der Waals surface area contributed by atoms with Gasteiger partial charge in [-0.3, -0.25) is 4.79 Å². The monoisotopic (exact) mass is 198 g/mol. The van der Waals surface area contributed by atoms with Crippen LogP contribution >= 0.6 is 0 Å². The van der Waals surface area contributed by atoms with E-state index in [2.05, 4.69) is 9.97 Å². The fourth-order valence-electron chi connectivity index (χ4n) is 1.43. The van der Waals surface area contributed by atoms with Crippen LogP contribution in [0, 0.1) is 6.92 Å². The number of benzene rings is 1. The van der Waals surface area contributed by atoms with Crippen LogP contribution in [0.1, 0.15) is 16.1 Å². The Morgan fingerprint density at radius 1 is 1.20 bits per heavy atom. The molecule has 0 aliphatic heterocycles. The normalized spacial score (nSPS) is 9.93. The van der Waals surface area contributed by atoms with E-state index in [0.29, 0.717) is 5.56 Å². The maximum absolute atomic E-state index is 10.8. The summed E-state index contributed by atoms with van der Waals surface area (Å²) in [6.07, 6.45) is 2.35. The molecule has 0 saturated heterocycles. The lowest BCUT2D eigenvalue weighted by atomic mass is 10.1. The Bertz CT molecular complexity index is 494. The molecule has 1 heterocycles. The van der Waals surface area contributed by atoms with Crippen molar-refractivity contribution in [1.29, 1.82) is 0 Å². The van der Waals surface area contributed by atoms with E-state index in [1.165, 1.54) is 6.33 Å². The molecule has 0 atom stereocenters. The smallest absolute Gasteiger partial charge is 0.150 e. The molecule has 2 rings (SSSR count). The molecule has 0 bridgehead atoms. The van der Waals surface area contributed by atoms with Crippen molar-refractivity contribution in [2.45, 2.75) is 6.92 Å². The van der Waals surface area contributed by atoms with E-state index in [1.54, 1.807) is 6.07 Å². The van der Waals surface area contributed by atoms with Crippen molar-refractivity contribution < 1.29 is 4.79 Å². The molecule has 3 nitrogen and oxygen atoms in total. The molecule has 2 aromatic rings. The van der Waals surface area contributed by atoms with Gasteiger partial charge in [0, 0.05) is 16.8 Å². The first kappa shape index (κ1) is 9.52. The van der Waals surface area contributed by atoms with Crippen molar-refractivity contribution in [3.63, 3.8) is 0 Å². The number of nitrogens with zero attached hydrogens (tertiary/aromatic N) is 2. The van der Waals surface area contributed by atoms with Crippen LogP contribution in [0.2, 0.25) is 0 Å². The molecule has 3 heteroatoms. The van der Waals surface area contributed by atoms with Crippen LogP contribution in [0.4, 0.5) is 0 Å². The molecule has 1 aromatic carbocycles. The van der Waals surface area contributed by atoms with Crippen LogP contribution in [-0.4, -0.2) is 16.3 Å². The number of aldehydes is 1. The van der Waals surface area contributed by atoms with Gasteiger partial charge in [0.1, 0.15) is 6.33 Å². The van der Waals surface area contributed by atoms with Crippen molar-refractivity contribution in [1.82, 2.24) is 9.97 Å². The Morgan fingerprint density at radius 2 is 2.00 bits per heavy atom. The zero-order valence-corrected chi connectivity index (χ0v) is 8.34. The van der Waals surface area contributed by atoms with Crippen molar-refractivity contribution in [2.24, 2.45) is 0 Å². The average molecular weight is 198 g/mol. The number of carbonyl (C=O) groups excluding carboxylic acids is 1. The van der Waals surface area contributed by atoms with E-state index in [9.17, 15) is 4.79 Å². The summed E-state index contributed by atoms with van der Waals surface area (Å²) in [6, 6.07) is 9.24. The highest BCUT2D eigenvalue weighted by Gasteiger charge is 2.04. The summed E-state index contributed by atoms with van der Waals surface area (Å²) in [4.78, 5) is 19.0. The second-order valence-corrected chi connectivity index (χ2v) is 3.25. The first-order valence-corrected chi connectivity index (χ1v) is 4.64. The minimum atomic E-state index is 0.649. The standard InChI is InChI=1S/C12H10N2O/c1-9-6-12(14-8-13-9)11-5-3-2-4-10(11)7-15/h2-8H,1H3. The number of hydrogen-bond donors (Lipinski definition) is 0. The molecule has 0 aliphatic rings. The Hall–Kier alpha value is -2.03. The summed E-state index contributed by atoms with van der Waals surface area (Å²) in [5, 5.41) is 0. The molecule has 0 spiro atoms. The van der Waals surface area contributed by atoms with Gasteiger partial charge in [-0.1, -0.05) is 24.3 Å². The van der Waals surface area contributed by atoms with Gasteiger partial charge in [-0.25, -0.2) is 9.97 Å². The number of carbonyl (C=O) groups is 1. The highest BCUT2D eigenvalue weighted by Crippen LogP contribution is 2.20. The first-order valence-electron chi connectivity index (χ1n) is 4.64. The Kier molecular flexibility index (Phi) is 2.54. The third-order valence-corrected chi connectivity index (χ3v) is 2.17. The van der Waals surface area contributed by atoms with E-state index < -0.39 is 0 Å². The van der Waals surface area contributed by atoms with Gasteiger partial charge in [-0.05, 0) is 13.0 Å². The molecule has 0 N–H and O–H groups in total. The van der Waals surface area contributed by atoms with Crippen molar-refractivity contribution in [2.75, 3.05) is 0 Å². The lowest BCUT2D eigenvalue weighted by molar-refractivity contribution is 0.112. The minimum Gasteiger partial charge on any atom is -0.298 e. The van der Waals surface area contributed by atoms with Gasteiger partial charge in [0.2, 0.25) is 0 Å². The fraction of sp³-hybridized carbons (Fsp3) is 0.0833. The number of aryl methyl sites for hydroxylation is 1. The second kappa shape index (κ2) is 4.00. The van der Waals surface area contributed by atoms with E-state index in [0.717, 1.165) is 23.2 Å². The highest BCUT2D eigenvalue weighted by atomic mass is 16.1. The van der Waals surface area contributed by atoms with Gasteiger partial charge >= 0.3 is 0 Å². The maximum atomic E-state index is 10.8. The first-order chi connectivity index (χ1) is 7.31. The van der Waals surface area contributed by atoms with E-state index in [-0.39, 0.29) is 0 Å². The largest absolute Gasteiger partial charge is 0.298 e. The zero-order chi connectivity index (χ0) is 10.7. The van der Waals surface area contributed by atoms with E-state index in [1.807, 2.05) is 31.2 Å². The molecule has 74 valence electrons. The quantitative estimate of drug-likeness (QED) is 0.695. The van der Waals surface area contributed by atoms with Gasteiger partial charge in [0.15, 0.2) is 6.29 Å². The van der Waals surface area contributed by atoms with Gasteiger partial charge in [-0.2, -0.15) is 0 Å². The Morgan fingerprint density at radius 3 is 2.73 bits per heavy atom. The van der Waals surface area contributed by atoms with Crippen LogP contribution in [0.3, 0.4) is 0 Å². The molecule has 0 aliphatic carbocycles. The molecule has 0 radical (unpaired) electrons. The van der Waals surface area contributed by atoms with Crippen molar-refractivity contribution in [3.8, 4) is 11.3 Å². The molecule has 1 aromatic heterocycles. The Labute approximate surface area is 87.8 Å². The third-order valence-electron chi connectivity index (χ3n) is 2.17. The highest BCUT2D eigenvalue weighted by molar-refractivity contribution is 5.86. The molecule has 0 unspecified atom stereocenters. The molecule has 0 amide bonds. The van der Waals surface area contributed by atoms with Crippen LogP contribution in [0.15, 0.2) is 36.7 Å². The van der Waals surface area contributed by atoms with Crippen molar-refractivity contribution in [3.05, 3.63) is 47.9 Å². The Balaban J connectivity index is 2.58. The van der Waals surface area contributed by atoms with Gasteiger partial charge in [0.05, 0.1) is 5.69 Å². The summed E-state index contributed by atoms with van der Waals surface area (Å²) >= 11 is 0. The lowest BCUT2D eigenvalue weighted by Crippen LogP contribution is -1.91. The summed E-state index contributed by atoms with van der Waals surface area (Å²) in [7, 11) is 0. The molecule has 0 saturated carbocycles. The van der Waals surface area contributed by atoms with Crippen LogP contribution in [0.25, 0.3) is 11.3 Å². The number of aromatic nitrogens is 2. The molecular formula is C12H10N2O. The summed E-state index contributed by atoms with van der Waals surface area (Å²) in [5.74, 6) is 0. The SMILES string of the molecule is Cc1cc(-c2ccccc2C=O)ncn1. The summed E-state index contributed by atoms with van der Waals surface area (Å²) in [6.45, 7) is 1.90. The molecular weight excluding hydrogens is 188 g/mol. The van der Waals surface area contributed by atoms with Gasteiger partial charge in [-0.15, -0.1) is 0 Å². The fourth-order valence-corrected chi connectivity index (χ4v) is 1.43. The minimum absolute atomic E-state index is 0.649. The summed E-state index contributed by atoms with van der Waals surface area (Å²) < 4.78 is 0. The number of rotatable bonds is 2. The number of hydrogen-bond acceptors (Lipinski definition) is 3. The average Bonchev–Trinajstić information content (AvgIpc) is 2.29. The lowest BCUT2D eigenvalue weighted by Gasteiger charge is -2.03. The van der Waals surface area contributed by atoms with E-state index in [4.69, 9.17) is 0 Å². The molecule has 15 heavy (non-hydrogen) atoms. The predicted octanol–water partition coefficient (Wildman–Crippen LogP) is 2.26. The van der Waals surface area contributed by atoms with Crippen LogP contribution in [-0.2, 0) is 0 Å². The second-order valence-electron chi connectivity index (χ2n) is 3.25. The van der Waals surface area contributed by atoms with Gasteiger partial charge in [0.25, 0.3) is 0 Å².